The second kappa shape index (κ2) is 7.23. The van der Waals surface area contributed by atoms with Gasteiger partial charge in [0.2, 0.25) is 5.89 Å². The first kappa shape index (κ1) is 17.3. The molecule has 0 aliphatic heterocycles. The van der Waals surface area contributed by atoms with E-state index in [-0.39, 0.29) is 0 Å². The molecule has 0 fully saturated rings. The van der Waals surface area contributed by atoms with E-state index in [4.69, 9.17) is 27.6 Å². The minimum Gasteiger partial charge on any atom is -0.436 e. The number of aromatic nitrogens is 1. The zero-order chi connectivity index (χ0) is 18.1. The summed E-state index contributed by atoms with van der Waals surface area (Å²) in [6.45, 7) is 0. The molecule has 0 unspecified atom stereocenters. The summed E-state index contributed by atoms with van der Waals surface area (Å²) in [6.07, 6.45) is 1.81. The Morgan fingerprint density at radius 1 is 1.00 bits per heavy atom. The number of halogens is 3. The second-order valence-electron chi connectivity index (χ2n) is 5.58. The predicted octanol–water partition coefficient (Wildman–Crippen LogP) is 7.31. The molecule has 4 rings (SSSR count). The van der Waals surface area contributed by atoms with E-state index in [1.165, 1.54) is 0 Å². The summed E-state index contributed by atoms with van der Waals surface area (Å²) >= 11 is 15.7. The van der Waals surface area contributed by atoms with Crippen LogP contribution in [-0.2, 0) is 0 Å². The van der Waals surface area contributed by atoms with Crippen LogP contribution in [0.1, 0.15) is 5.56 Å². The highest BCUT2D eigenvalue weighted by Crippen LogP contribution is 2.35. The maximum Gasteiger partial charge on any atom is 0.228 e. The van der Waals surface area contributed by atoms with Crippen LogP contribution in [0.3, 0.4) is 0 Å². The monoisotopic (exact) mass is 444 g/mol. The van der Waals surface area contributed by atoms with Crippen molar-refractivity contribution >= 4 is 62.1 Å². The van der Waals surface area contributed by atoms with Gasteiger partial charge in [-0.2, -0.15) is 0 Å². The van der Waals surface area contributed by atoms with Crippen molar-refractivity contribution in [2.75, 3.05) is 0 Å². The average molecular weight is 446 g/mol. The number of nitrogens with zero attached hydrogens (tertiary/aromatic N) is 2. The van der Waals surface area contributed by atoms with E-state index in [0.29, 0.717) is 32.6 Å². The molecule has 0 spiro atoms. The van der Waals surface area contributed by atoms with Crippen LogP contribution in [-0.4, -0.2) is 11.2 Å². The standard InChI is InChI=1S/C20H11BrCl2N2O/c21-13-6-4-12(5-7-13)11-24-14-8-9-18-17(10-14)25-20(26-18)15-2-1-3-16(22)19(15)23/h1-11H. The van der Waals surface area contributed by atoms with Gasteiger partial charge < -0.3 is 4.42 Å². The molecule has 1 heterocycles. The molecule has 3 aromatic carbocycles. The first-order valence-corrected chi connectivity index (χ1v) is 9.30. The summed E-state index contributed by atoms with van der Waals surface area (Å²) in [4.78, 5) is 9.02. The normalized spacial score (nSPS) is 11.5. The lowest BCUT2D eigenvalue weighted by molar-refractivity contribution is 0.620. The number of oxazole rings is 1. The topological polar surface area (TPSA) is 38.4 Å². The third kappa shape index (κ3) is 3.54. The third-order valence-electron chi connectivity index (χ3n) is 3.79. The van der Waals surface area contributed by atoms with Gasteiger partial charge in [-0.05, 0) is 48.0 Å². The molecule has 0 radical (unpaired) electrons. The van der Waals surface area contributed by atoms with Crippen molar-refractivity contribution in [2.45, 2.75) is 0 Å². The van der Waals surface area contributed by atoms with Gasteiger partial charge in [-0.15, -0.1) is 0 Å². The van der Waals surface area contributed by atoms with E-state index >= 15 is 0 Å². The summed E-state index contributed by atoms with van der Waals surface area (Å²) in [6, 6.07) is 18.9. The fourth-order valence-corrected chi connectivity index (χ4v) is 3.12. The van der Waals surface area contributed by atoms with Crippen LogP contribution in [0.15, 0.2) is 74.5 Å². The summed E-state index contributed by atoms with van der Waals surface area (Å²) in [5, 5.41) is 0.889. The molecule has 0 N–H and O–H groups in total. The zero-order valence-electron chi connectivity index (χ0n) is 13.3. The minimum absolute atomic E-state index is 0.425. The smallest absolute Gasteiger partial charge is 0.228 e. The van der Waals surface area contributed by atoms with E-state index in [0.717, 1.165) is 15.7 Å². The highest BCUT2D eigenvalue weighted by Gasteiger charge is 2.13. The molecule has 128 valence electrons. The van der Waals surface area contributed by atoms with Crippen molar-refractivity contribution < 1.29 is 4.42 Å². The maximum absolute atomic E-state index is 6.26. The number of aliphatic imine (C=N–C) groups is 1. The molecule has 0 atom stereocenters. The maximum atomic E-state index is 6.26. The van der Waals surface area contributed by atoms with Gasteiger partial charge in [0.05, 0.1) is 21.3 Å². The Kier molecular flexibility index (Phi) is 4.81. The summed E-state index contributed by atoms with van der Waals surface area (Å²) in [7, 11) is 0. The number of hydrogen-bond acceptors (Lipinski definition) is 3. The average Bonchev–Trinajstić information content (AvgIpc) is 3.06. The van der Waals surface area contributed by atoms with Crippen LogP contribution in [0.25, 0.3) is 22.6 Å². The molecule has 6 heteroatoms. The highest BCUT2D eigenvalue weighted by atomic mass is 79.9. The van der Waals surface area contributed by atoms with Crippen molar-refractivity contribution in [3.8, 4) is 11.5 Å². The lowest BCUT2D eigenvalue weighted by Crippen LogP contribution is -1.80. The Bertz CT molecular complexity index is 1120. The summed E-state index contributed by atoms with van der Waals surface area (Å²) < 4.78 is 6.84. The second-order valence-corrected chi connectivity index (χ2v) is 7.28. The molecule has 3 nitrogen and oxygen atoms in total. The molecule has 0 saturated carbocycles. The van der Waals surface area contributed by atoms with Gasteiger partial charge in [-0.25, -0.2) is 4.98 Å². The fraction of sp³-hybridized carbons (Fsp3) is 0. The lowest BCUT2D eigenvalue weighted by atomic mass is 10.2. The first-order chi connectivity index (χ1) is 12.6. The van der Waals surface area contributed by atoms with Gasteiger partial charge in [-0.3, -0.25) is 4.99 Å². The number of fused-ring (bicyclic) bond motifs is 1. The Labute approximate surface area is 168 Å². The van der Waals surface area contributed by atoms with Gasteiger partial charge in [0.15, 0.2) is 5.58 Å². The fourth-order valence-electron chi connectivity index (χ4n) is 2.48. The van der Waals surface area contributed by atoms with Gasteiger partial charge in [0.1, 0.15) is 5.52 Å². The molecule has 1 aromatic heterocycles. The van der Waals surface area contributed by atoms with Gasteiger partial charge in [0.25, 0.3) is 0 Å². The largest absolute Gasteiger partial charge is 0.436 e. The number of benzene rings is 3. The van der Waals surface area contributed by atoms with Gasteiger partial charge in [-0.1, -0.05) is 57.3 Å². The molecular formula is C20H11BrCl2N2O. The van der Waals surface area contributed by atoms with Gasteiger partial charge in [0, 0.05) is 10.7 Å². The SMILES string of the molecule is Clc1cccc(-c2nc3cc(N=Cc4ccc(Br)cc4)ccc3o2)c1Cl. The summed E-state index contributed by atoms with van der Waals surface area (Å²) in [5.41, 5.74) is 3.84. The van der Waals surface area contributed by atoms with Crippen LogP contribution < -0.4 is 0 Å². The van der Waals surface area contributed by atoms with Crippen molar-refractivity contribution in [1.29, 1.82) is 0 Å². The van der Waals surface area contributed by atoms with Crippen LogP contribution in [0.4, 0.5) is 5.69 Å². The third-order valence-corrected chi connectivity index (χ3v) is 5.13. The number of rotatable bonds is 3. The predicted molar refractivity (Wildman–Crippen MR) is 111 cm³/mol. The molecule has 0 saturated heterocycles. The number of hydrogen-bond donors (Lipinski definition) is 0. The minimum atomic E-state index is 0.425. The molecule has 4 aromatic rings. The van der Waals surface area contributed by atoms with Crippen molar-refractivity contribution in [3.05, 3.63) is 80.7 Å². The van der Waals surface area contributed by atoms with Crippen LogP contribution in [0.2, 0.25) is 10.0 Å². The van der Waals surface area contributed by atoms with E-state index in [2.05, 4.69) is 25.9 Å². The van der Waals surface area contributed by atoms with E-state index in [1.54, 1.807) is 6.07 Å². The molecular weight excluding hydrogens is 435 g/mol. The molecule has 0 bridgehead atoms. The Balaban J connectivity index is 1.67. The molecule has 26 heavy (non-hydrogen) atoms. The Morgan fingerprint density at radius 3 is 2.62 bits per heavy atom. The highest BCUT2D eigenvalue weighted by molar-refractivity contribution is 9.10. The van der Waals surface area contributed by atoms with E-state index in [9.17, 15) is 0 Å². The van der Waals surface area contributed by atoms with E-state index in [1.807, 2.05) is 60.8 Å². The molecule has 0 aliphatic carbocycles. The van der Waals surface area contributed by atoms with Crippen molar-refractivity contribution in [3.63, 3.8) is 0 Å². The van der Waals surface area contributed by atoms with Crippen LogP contribution in [0, 0.1) is 0 Å². The Morgan fingerprint density at radius 2 is 1.81 bits per heavy atom. The van der Waals surface area contributed by atoms with E-state index < -0.39 is 0 Å². The van der Waals surface area contributed by atoms with Crippen molar-refractivity contribution in [1.82, 2.24) is 4.98 Å². The van der Waals surface area contributed by atoms with Gasteiger partial charge >= 0.3 is 0 Å². The Hall–Kier alpha value is -2.14. The molecule has 0 aliphatic rings. The van der Waals surface area contributed by atoms with Crippen molar-refractivity contribution in [2.24, 2.45) is 4.99 Å². The summed E-state index contributed by atoms with van der Waals surface area (Å²) in [5.74, 6) is 0.432. The zero-order valence-corrected chi connectivity index (χ0v) is 16.4. The first-order valence-electron chi connectivity index (χ1n) is 7.75. The van der Waals surface area contributed by atoms with Crippen LogP contribution >= 0.6 is 39.1 Å². The van der Waals surface area contributed by atoms with Crippen LogP contribution in [0.5, 0.6) is 0 Å². The quantitative estimate of drug-likeness (QED) is 0.310. The molecule has 0 amide bonds. The lowest BCUT2D eigenvalue weighted by Gasteiger charge is -2.00.